The molecule has 2 rings (SSSR count). The van der Waals surface area contributed by atoms with Crippen molar-refractivity contribution >= 4 is 36.3 Å². The summed E-state index contributed by atoms with van der Waals surface area (Å²) in [5.74, 6) is 1.53. The number of carboxylic acids is 1. The minimum absolute atomic E-state index is 0.181. The fourth-order valence-corrected chi connectivity index (χ4v) is 4.29. The number of thioether (sulfide) groups is 1. The third-order valence-corrected chi connectivity index (χ3v) is 6.55. The van der Waals surface area contributed by atoms with Gasteiger partial charge in [0.15, 0.2) is 11.5 Å². The van der Waals surface area contributed by atoms with E-state index in [1.165, 1.54) is 11.8 Å². The SMILES string of the molecule is COc1ccc(O[C@H]2C[C@@H](C(=O)N[C@@H](CCSC)C(=O)O)N(C/C=C/[C@@H](N)CS)C2)cc1OC. The molecule has 0 saturated carbocycles. The number of carbonyl (C=O) groups excluding carboxylic acids is 1. The van der Waals surface area contributed by atoms with Crippen molar-refractivity contribution in [2.75, 3.05) is 45.1 Å². The molecular weight excluding hydrogens is 478 g/mol. The molecule has 190 valence electrons. The standard InChI is InChI=1S/C23H35N3O6S2/c1-30-20-7-6-16(12-21(20)31-2)32-17-11-19(26(13-17)9-4-5-15(24)14-33)22(27)25-18(23(28)29)8-10-34-3/h4-7,12,15,17-19,33H,8-11,13-14,24H2,1-3H3,(H,25,27)(H,28,29)/b5-4+/t15-,17+,18+,19+/m1/s1. The predicted molar refractivity (Wildman–Crippen MR) is 137 cm³/mol. The van der Waals surface area contributed by atoms with Gasteiger partial charge in [-0.1, -0.05) is 12.2 Å². The maximum Gasteiger partial charge on any atom is 0.326 e. The highest BCUT2D eigenvalue weighted by Gasteiger charge is 2.38. The number of aliphatic carboxylic acids is 1. The molecule has 4 N–H and O–H groups in total. The Morgan fingerprint density at radius 1 is 1.35 bits per heavy atom. The number of hydrogen-bond donors (Lipinski definition) is 4. The Labute approximate surface area is 210 Å². The fourth-order valence-electron chi connectivity index (χ4n) is 3.70. The number of rotatable bonds is 14. The number of methoxy groups -OCH3 is 2. The molecule has 1 amide bonds. The summed E-state index contributed by atoms with van der Waals surface area (Å²) in [4.78, 5) is 26.7. The third-order valence-electron chi connectivity index (χ3n) is 5.48. The molecule has 0 bridgehead atoms. The first kappa shape index (κ1) is 28.2. The molecule has 0 radical (unpaired) electrons. The first-order valence-corrected chi connectivity index (χ1v) is 13.0. The van der Waals surface area contributed by atoms with E-state index >= 15 is 0 Å². The van der Waals surface area contributed by atoms with Crippen molar-refractivity contribution in [1.82, 2.24) is 10.2 Å². The van der Waals surface area contributed by atoms with Gasteiger partial charge in [0, 0.05) is 37.4 Å². The molecule has 34 heavy (non-hydrogen) atoms. The Morgan fingerprint density at radius 2 is 2.09 bits per heavy atom. The summed E-state index contributed by atoms with van der Waals surface area (Å²) in [6.45, 7) is 0.976. The summed E-state index contributed by atoms with van der Waals surface area (Å²) in [6, 6.07) is 3.65. The van der Waals surface area contributed by atoms with Crippen LogP contribution in [0.2, 0.25) is 0 Å². The van der Waals surface area contributed by atoms with E-state index in [4.69, 9.17) is 19.9 Å². The van der Waals surface area contributed by atoms with E-state index in [-0.39, 0.29) is 18.1 Å². The van der Waals surface area contributed by atoms with Crippen molar-refractivity contribution < 1.29 is 28.9 Å². The Morgan fingerprint density at radius 3 is 2.71 bits per heavy atom. The van der Waals surface area contributed by atoms with Crippen molar-refractivity contribution in [2.45, 2.75) is 37.1 Å². The molecule has 0 aromatic heterocycles. The number of benzene rings is 1. The van der Waals surface area contributed by atoms with E-state index in [1.807, 2.05) is 23.3 Å². The highest BCUT2D eigenvalue weighted by atomic mass is 32.2. The van der Waals surface area contributed by atoms with E-state index in [0.717, 1.165) is 0 Å². The van der Waals surface area contributed by atoms with Gasteiger partial charge >= 0.3 is 5.97 Å². The first-order valence-electron chi connectivity index (χ1n) is 11.0. The number of likely N-dealkylation sites (tertiary alicyclic amines) is 1. The molecule has 9 nitrogen and oxygen atoms in total. The van der Waals surface area contributed by atoms with Crippen molar-refractivity contribution in [3.8, 4) is 17.2 Å². The molecule has 1 aromatic carbocycles. The average Bonchev–Trinajstić information content (AvgIpc) is 3.23. The van der Waals surface area contributed by atoms with Gasteiger partial charge in [0.1, 0.15) is 17.9 Å². The fraction of sp³-hybridized carbons (Fsp3) is 0.565. The van der Waals surface area contributed by atoms with E-state index in [1.54, 1.807) is 32.4 Å². The largest absolute Gasteiger partial charge is 0.493 e. The van der Waals surface area contributed by atoms with Crippen LogP contribution in [0.1, 0.15) is 12.8 Å². The van der Waals surface area contributed by atoms with Gasteiger partial charge in [0.2, 0.25) is 5.91 Å². The van der Waals surface area contributed by atoms with Crippen LogP contribution < -0.4 is 25.3 Å². The number of nitrogens with one attached hydrogen (secondary N) is 1. The van der Waals surface area contributed by atoms with Crippen LogP contribution in [0, 0.1) is 0 Å². The topological polar surface area (TPSA) is 123 Å². The lowest BCUT2D eigenvalue weighted by atomic mass is 10.1. The monoisotopic (exact) mass is 513 g/mol. The zero-order valence-electron chi connectivity index (χ0n) is 19.8. The van der Waals surface area contributed by atoms with Gasteiger partial charge in [0.05, 0.1) is 20.3 Å². The van der Waals surface area contributed by atoms with Crippen molar-refractivity contribution in [1.29, 1.82) is 0 Å². The Kier molecular flexibility index (Phi) is 11.9. The Balaban J connectivity index is 2.14. The molecule has 1 saturated heterocycles. The molecule has 11 heteroatoms. The summed E-state index contributed by atoms with van der Waals surface area (Å²) in [6.07, 6.45) is 6.16. The number of nitrogens with two attached hydrogens (primary N) is 1. The van der Waals surface area contributed by atoms with E-state index in [0.29, 0.717) is 54.7 Å². The number of carbonyl (C=O) groups is 2. The second-order valence-corrected chi connectivity index (χ2v) is 9.27. The zero-order valence-corrected chi connectivity index (χ0v) is 21.5. The van der Waals surface area contributed by atoms with Crippen molar-refractivity contribution in [2.24, 2.45) is 5.73 Å². The van der Waals surface area contributed by atoms with Gasteiger partial charge in [-0.15, -0.1) is 0 Å². The Hall–Kier alpha value is -2.08. The highest BCUT2D eigenvalue weighted by Crippen LogP contribution is 2.32. The average molecular weight is 514 g/mol. The number of ether oxygens (including phenoxy) is 3. The van der Waals surface area contributed by atoms with Crippen LogP contribution in [-0.4, -0.2) is 91.2 Å². The summed E-state index contributed by atoms with van der Waals surface area (Å²) < 4.78 is 16.8. The van der Waals surface area contributed by atoms with Crippen molar-refractivity contribution in [3.63, 3.8) is 0 Å². The van der Waals surface area contributed by atoms with Gasteiger partial charge in [-0.2, -0.15) is 24.4 Å². The molecule has 1 aliphatic rings. The predicted octanol–water partition coefficient (Wildman–Crippen LogP) is 1.66. The van der Waals surface area contributed by atoms with E-state index < -0.39 is 18.1 Å². The number of thiol groups is 1. The van der Waals surface area contributed by atoms with Crippen LogP contribution in [0.3, 0.4) is 0 Å². The molecule has 1 aromatic rings. The molecule has 0 unspecified atom stereocenters. The van der Waals surface area contributed by atoms with Crippen LogP contribution in [0.5, 0.6) is 17.2 Å². The van der Waals surface area contributed by atoms with Gasteiger partial charge in [0.25, 0.3) is 0 Å². The molecule has 0 aliphatic carbocycles. The summed E-state index contributed by atoms with van der Waals surface area (Å²) in [5, 5.41) is 12.2. The van der Waals surface area contributed by atoms with Crippen molar-refractivity contribution in [3.05, 3.63) is 30.4 Å². The van der Waals surface area contributed by atoms with Crippen LogP contribution >= 0.6 is 24.4 Å². The second-order valence-electron chi connectivity index (χ2n) is 7.92. The lowest BCUT2D eigenvalue weighted by Gasteiger charge is -2.24. The van der Waals surface area contributed by atoms with Gasteiger partial charge < -0.3 is 30.4 Å². The molecular formula is C23H35N3O6S2. The minimum Gasteiger partial charge on any atom is -0.493 e. The number of carboxylic acid groups (broad SMARTS) is 1. The maximum absolute atomic E-state index is 13.1. The van der Waals surface area contributed by atoms with E-state index in [2.05, 4.69) is 17.9 Å². The first-order chi connectivity index (χ1) is 16.3. The van der Waals surface area contributed by atoms with Crippen LogP contribution in [-0.2, 0) is 9.59 Å². The lowest BCUT2D eigenvalue weighted by molar-refractivity contribution is -0.142. The second kappa shape index (κ2) is 14.3. The van der Waals surface area contributed by atoms with Gasteiger partial charge in [-0.25, -0.2) is 4.79 Å². The maximum atomic E-state index is 13.1. The molecule has 0 spiro atoms. The zero-order chi connectivity index (χ0) is 25.1. The Bertz CT molecular complexity index is 841. The quantitative estimate of drug-likeness (QED) is 0.217. The minimum atomic E-state index is -1.04. The summed E-state index contributed by atoms with van der Waals surface area (Å²) in [7, 11) is 3.12. The lowest BCUT2D eigenvalue weighted by Crippen LogP contribution is -2.49. The van der Waals surface area contributed by atoms with Gasteiger partial charge in [-0.05, 0) is 30.6 Å². The summed E-state index contributed by atoms with van der Waals surface area (Å²) >= 11 is 5.72. The highest BCUT2D eigenvalue weighted by molar-refractivity contribution is 7.98. The summed E-state index contributed by atoms with van der Waals surface area (Å²) in [5.41, 5.74) is 5.90. The van der Waals surface area contributed by atoms with Gasteiger partial charge in [-0.3, -0.25) is 9.69 Å². The van der Waals surface area contributed by atoms with Crippen LogP contribution in [0.25, 0.3) is 0 Å². The van der Waals surface area contributed by atoms with Crippen LogP contribution in [0.4, 0.5) is 0 Å². The smallest absolute Gasteiger partial charge is 0.326 e. The van der Waals surface area contributed by atoms with Crippen LogP contribution in [0.15, 0.2) is 30.4 Å². The molecule has 1 fully saturated rings. The third kappa shape index (κ3) is 8.30. The number of amides is 1. The molecule has 1 heterocycles. The molecule has 1 aliphatic heterocycles. The normalized spacial score (nSPS) is 20.1. The molecule has 4 atom stereocenters. The number of nitrogens with zero attached hydrogens (tertiary/aromatic N) is 1. The van der Waals surface area contributed by atoms with E-state index in [9.17, 15) is 14.7 Å². The number of hydrogen-bond acceptors (Lipinski definition) is 9.